The minimum Gasteiger partial charge on any atom is -0.248 e. The van der Waals surface area contributed by atoms with Gasteiger partial charge in [-0.2, -0.15) is 0 Å². The van der Waals surface area contributed by atoms with Gasteiger partial charge in [0.2, 0.25) is 0 Å². The largest absolute Gasteiger partial charge is 0.248 e. The average Bonchev–Trinajstić information content (AvgIpc) is 3.05. The molecular formula is C24H14N2. The van der Waals surface area contributed by atoms with E-state index in [9.17, 15) is 0 Å². The Kier molecular flexibility index (Phi) is 2.64. The molecule has 0 fully saturated rings. The van der Waals surface area contributed by atoms with Crippen molar-refractivity contribution in [3.63, 3.8) is 0 Å². The Morgan fingerprint density at radius 1 is 0.423 bits per heavy atom. The number of hydrogen-bond donors (Lipinski definition) is 0. The number of benzene rings is 4. The molecule has 2 radical (unpaired) electrons. The van der Waals surface area contributed by atoms with Crippen LogP contribution in [0.15, 0.2) is 84.9 Å². The molecule has 2 nitrogen and oxygen atoms in total. The summed E-state index contributed by atoms with van der Waals surface area (Å²) in [5, 5.41) is 9.11. The zero-order chi connectivity index (χ0) is 17.1. The minimum atomic E-state index is 1.09. The molecule has 0 saturated heterocycles. The molecule has 0 aromatic heterocycles. The SMILES string of the molecule is c1ccc2c(c1)[N]c1c3cc-3cc1-2.c1ccc2c(c1)[N]c1ccccc1-2. The lowest BCUT2D eigenvalue weighted by atomic mass is 10.1. The topological polar surface area (TPSA) is 28.2 Å². The van der Waals surface area contributed by atoms with E-state index in [1.165, 1.54) is 39.1 Å². The molecule has 120 valence electrons. The van der Waals surface area contributed by atoms with Gasteiger partial charge >= 0.3 is 0 Å². The molecule has 0 N–H and O–H groups in total. The third-order valence-electron chi connectivity index (χ3n) is 5.10. The van der Waals surface area contributed by atoms with Crippen molar-refractivity contribution in [3.8, 4) is 33.4 Å². The third kappa shape index (κ3) is 1.93. The number of para-hydroxylation sites is 3. The molecule has 0 saturated carbocycles. The number of fused-ring (bicyclic) bond motifs is 8. The molecule has 0 amide bonds. The van der Waals surface area contributed by atoms with Crippen molar-refractivity contribution in [1.29, 1.82) is 0 Å². The van der Waals surface area contributed by atoms with Gasteiger partial charge in [0.1, 0.15) is 0 Å². The van der Waals surface area contributed by atoms with Crippen molar-refractivity contribution in [1.82, 2.24) is 10.6 Å². The van der Waals surface area contributed by atoms with E-state index < -0.39 is 0 Å². The molecule has 0 bridgehead atoms. The van der Waals surface area contributed by atoms with Crippen LogP contribution in [0.2, 0.25) is 0 Å². The Bertz CT molecular complexity index is 1100. The van der Waals surface area contributed by atoms with Gasteiger partial charge in [0, 0.05) is 27.8 Å². The Morgan fingerprint density at radius 2 is 0.885 bits per heavy atom. The van der Waals surface area contributed by atoms with E-state index in [-0.39, 0.29) is 0 Å². The van der Waals surface area contributed by atoms with Crippen molar-refractivity contribution in [2.45, 2.75) is 0 Å². The number of hydrogen-bond acceptors (Lipinski definition) is 0. The highest BCUT2D eigenvalue weighted by Gasteiger charge is 2.30. The summed E-state index contributed by atoms with van der Waals surface area (Å²) in [5.41, 5.74) is 12.3. The Labute approximate surface area is 152 Å². The lowest BCUT2D eigenvalue weighted by molar-refractivity contribution is 1.24. The summed E-state index contributed by atoms with van der Waals surface area (Å²) in [5.74, 6) is 0. The Hall–Kier alpha value is -3.52. The van der Waals surface area contributed by atoms with Crippen LogP contribution in [0, 0.1) is 0 Å². The fourth-order valence-electron chi connectivity index (χ4n) is 3.79. The molecular weight excluding hydrogens is 316 g/mol. The highest BCUT2D eigenvalue weighted by atomic mass is 14.9. The first kappa shape index (κ1) is 13.7. The highest BCUT2D eigenvalue weighted by molar-refractivity contribution is 6.07. The molecule has 3 aromatic carbocycles. The summed E-state index contributed by atoms with van der Waals surface area (Å²) in [6.45, 7) is 0. The van der Waals surface area contributed by atoms with Gasteiger partial charge in [0.15, 0.2) is 0 Å². The second kappa shape index (κ2) is 4.99. The molecule has 0 atom stereocenters. The quantitative estimate of drug-likeness (QED) is 0.306. The van der Waals surface area contributed by atoms with Crippen LogP contribution in [0.4, 0.5) is 22.7 Å². The van der Waals surface area contributed by atoms with E-state index in [1.807, 2.05) is 18.2 Å². The van der Waals surface area contributed by atoms with E-state index in [0.717, 1.165) is 17.1 Å². The van der Waals surface area contributed by atoms with Crippen LogP contribution in [0.3, 0.4) is 0 Å². The van der Waals surface area contributed by atoms with E-state index in [4.69, 9.17) is 0 Å². The van der Waals surface area contributed by atoms with Crippen molar-refractivity contribution in [2.75, 3.05) is 0 Å². The molecule has 4 aliphatic rings. The summed E-state index contributed by atoms with van der Waals surface area (Å²) < 4.78 is 0. The van der Waals surface area contributed by atoms with Gasteiger partial charge in [-0.25, -0.2) is 10.6 Å². The first-order valence-electron chi connectivity index (χ1n) is 8.78. The number of nitrogens with zero attached hydrogens (tertiary/aromatic N) is 2. The van der Waals surface area contributed by atoms with Crippen LogP contribution in [-0.4, -0.2) is 0 Å². The molecule has 2 aliphatic carbocycles. The lowest BCUT2D eigenvalue weighted by Gasteiger charge is -1.95. The maximum Gasteiger partial charge on any atom is 0.0795 e. The van der Waals surface area contributed by atoms with Gasteiger partial charge in [-0.05, 0) is 35.9 Å². The predicted molar refractivity (Wildman–Crippen MR) is 106 cm³/mol. The number of rotatable bonds is 0. The van der Waals surface area contributed by atoms with Crippen LogP contribution in [0.5, 0.6) is 0 Å². The minimum absolute atomic E-state index is 1.09. The standard InChI is InChI=1S/C12H6N.C12H8N/c1-2-4-11-8(3-1)10-6-7-5-9(7)12(10)13-11;1-3-7-11-9(5-1)10-6-2-4-8-12(10)13-11/h1-6H;1-8H. The molecule has 2 aliphatic heterocycles. The van der Waals surface area contributed by atoms with Gasteiger partial charge in [0.05, 0.1) is 22.7 Å². The van der Waals surface area contributed by atoms with E-state index in [2.05, 4.69) is 77.4 Å². The Balaban J connectivity index is 0.000000106. The van der Waals surface area contributed by atoms with E-state index >= 15 is 0 Å². The van der Waals surface area contributed by atoms with Gasteiger partial charge < -0.3 is 0 Å². The van der Waals surface area contributed by atoms with E-state index in [1.54, 1.807) is 0 Å². The molecule has 0 spiro atoms. The normalized spacial score (nSPS) is 12.5. The summed E-state index contributed by atoms with van der Waals surface area (Å²) >= 11 is 0. The van der Waals surface area contributed by atoms with Gasteiger partial charge in [0.25, 0.3) is 0 Å². The zero-order valence-electron chi connectivity index (χ0n) is 14.0. The van der Waals surface area contributed by atoms with Crippen molar-refractivity contribution in [2.24, 2.45) is 0 Å². The zero-order valence-corrected chi connectivity index (χ0v) is 14.0. The predicted octanol–water partition coefficient (Wildman–Crippen LogP) is 6.45. The van der Waals surface area contributed by atoms with Crippen LogP contribution < -0.4 is 10.6 Å². The maximum absolute atomic E-state index is 4.60. The summed E-state index contributed by atoms with van der Waals surface area (Å²) in [6.07, 6.45) is 0. The van der Waals surface area contributed by atoms with Crippen molar-refractivity contribution >= 4 is 22.7 Å². The lowest BCUT2D eigenvalue weighted by Crippen LogP contribution is -1.79. The van der Waals surface area contributed by atoms with Crippen molar-refractivity contribution in [3.05, 3.63) is 84.9 Å². The summed E-state index contributed by atoms with van der Waals surface area (Å²) in [7, 11) is 0. The fourth-order valence-corrected chi connectivity index (χ4v) is 3.79. The van der Waals surface area contributed by atoms with Crippen molar-refractivity contribution < 1.29 is 0 Å². The third-order valence-corrected chi connectivity index (χ3v) is 5.10. The summed E-state index contributed by atoms with van der Waals surface area (Å²) in [4.78, 5) is 0. The highest BCUT2D eigenvalue weighted by Crippen LogP contribution is 2.55. The molecule has 3 aromatic rings. The molecule has 26 heavy (non-hydrogen) atoms. The van der Waals surface area contributed by atoms with Gasteiger partial charge in [-0.1, -0.05) is 54.6 Å². The first-order chi connectivity index (χ1) is 12.9. The van der Waals surface area contributed by atoms with Crippen LogP contribution in [-0.2, 0) is 0 Å². The average molecular weight is 330 g/mol. The van der Waals surface area contributed by atoms with Crippen LogP contribution in [0.25, 0.3) is 33.4 Å². The van der Waals surface area contributed by atoms with Crippen LogP contribution >= 0.6 is 0 Å². The van der Waals surface area contributed by atoms with E-state index in [0.29, 0.717) is 0 Å². The fraction of sp³-hybridized carbons (Fsp3) is 0. The molecule has 2 heterocycles. The maximum atomic E-state index is 4.60. The van der Waals surface area contributed by atoms with Gasteiger partial charge in [-0.3, -0.25) is 0 Å². The molecule has 0 unspecified atom stereocenters. The monoisotopic (exact) mass is 330 g/mol. The molecule has 7 rings (SSSR count). The Morgan fingerprint density at radius 3 is 1.50 bits per heavy atom. The second-order valence-corrected chi connectivity index (χ2v) is 6.70. The first-order valence-corrected chi connectivity index (χ1v) is 8.78. The van der Waals surface area contributed by atoms with Gasteiger partial charge in [-0.15, -0.1) is 0 Å². The second-order valence-electron chi connectivity index (χ2n) is 6.70. The van der Waals surface area contributed by atoms with Crippen LogP contribution in [0.1, 0.15) is 0 Å². The smallest absolute Gasteiger partial charge is 0.0795 e. The summed E-state index contributed by atoms with van der Waals surface area (Å²) in [6, 6.07) is 29.2. The molecule has 2 heteroatoms.